The van der Waals surface area contributed by atoms with Gasteiger partial charge in [0.15, 0.2) is 17.5 Å². The van der Waals surface area contributed by atoms with E-state index in [0.29, 0.717) is 52.2 Å². The molecule has 0 atom stereocenters. The van der Waals surface area contributed by atoms with Gasteiger partial charge in [-0.1, -0.05) is 0 Å². The van der Waals surface area contributed by atoms with Crippen molar-refractivity contribution in [1.82, 2.24) is 29.9 Å². The van der Waals surface area contributed by atoms with Crippen LogP contribution in [0.4, 0.5) is 0 Å². The molecule has 4 aromatic rings. The van der Waals surface area contributed by atoms with Gasteiger partial charge < -0.3 is 14.2 Å². The third-order valence-corrected chi connectivity index (χ3v) is 11.0. The van der Waals surface area contributed by atoms with Crippen LogP contribution in [0.3, 0.4) is 0 Å². The van der Waals surface area contributed by atoms with Gasteiger partial charge in [-0.05, 0) is 119 Å². The minimum atomic E-state index is -0.448. The zero-order valence-electron chi connectivity index (χ0n) is 31.4. The van der Waals surface area contributed by atoms with Crippen molar-refractivity contribution in [3.05, 3.63) is 71.7 Å². The highest BCUT2D eigenvalue weighted by Gasteiger charge is 2.47. The van der Waals surface area contributed by atoms with E-state index in [-0.39, 0.29) is 16.6 Å². The molecule has 264 valence electrons. The summed E-state index contributed by atoms with van der Waals surface area (Å²) in [6.07, 6.45) is 5.18. The van der Waals surface area contributed by atoms with Crippen LogP contribution in [0.15, 0.2) is 70.0 Å². The fourth-order valence-electron chi connectivity index (χ4n) is 5.38. The molecule has 0 spiro atoms. The van der Waals surface area contributed by atoms with Crippen molar-refractivity contribution in [2.24, 2.45) is 15.0 Å². The first kappa shape index (κ1) is 34.3. The molecule has 4 aromatic heterocycles. The molecule has 0 N–H and O–H groups in total. The van der Waals surface area contributed by atoms with Crippen molar-refractivity contribution in [2.45, 2.75) is 117 Å². The summed E-state index contributed by atoms with van der Waals surface area (Å²) in [5, 5.41) is 0. The number of hydrogen-bond donors (Lipinski definition) is 0. The molecule has 0 fully saturated rings. The molecule has 3 aliphatic rings. The van der Waals surface area contributed by atoms with Crippen LogP contribution in [0.1, 0.15) is 99.8 Å². The third-order valence-electron chi connectivity index (χ3n) is 11.0. The first-order valence-corrected chi connectivity index (χ1v) is 17.2. The van der Waals surface area contributed by atoms with Crippen LogP contribution < -0.4 is 0 Å². The molecule has 0 unspecified atom stereocenters. The Labute approximate surface area is 299 Å². The minimum absolute atomic E-state index is 0.368. The van der Waals surface area contributed by atoms with Gasteiger partial charge in [-0.15, -0.1) is 0 Å². The lowest BCUT2D eigenvalue weighted by atomic mass is 9.87. The zero-order chi connectivity index (χ0) is 36.8. The number of hydrogen-bond acceptors (Lipinski definition) is 12. The Bertz CT molecular complexity index is 1860. The number of aliphatic imine (C=N–C) groups is 3. The summed E-state index contributed by atoms with van der Waals surface area (Å²) in [5.41, 5.74) is 1.47. The van der Waals surface area contributed by atoms with E-state index in [1.54, 1.807) is 18.6 Å². The van der Waals surface area contributed by atoms with Crippen LogP contribution in [-0.4, -0.2) is 81.0 Å². The van der Waals surface area contributed by atoms with Crippen LogP contribution in [0.25, 0.3) is 34.6 Å². The Kier molecular flexibility index (Phi) is 7.53. The lowest BCUT2D eigenvalue weighted by Crippen LogP contribution is -2.41. The SMILES string of the molecule is CC1(C)N=C(c2ccc(-c3nc(-c4ccc(C5=NC(C)(C)C(C)(C)O5)cn4)nc(-c4ccc(C5=NC(C)(C)C(C)(C)O5)cn4)n3)nc2)OC1(C)C. The smallest absolute Gasteiger partial charge is 0.218 e. The predicted octanol–water partition coefficient (Wildman–Crippen LogP) is 7.06. The quantitative estimate of drug-likeness (QED) is 0.208. The molecule has 0 aromatic carbocycles. The van der Waals surface area contributed by atoms with Crippen molar-refractivity contribution >= 4 is 17.7 Å². The standard InChI is InChI=1S/C39H45N9O3/c1-34(2)37(7,8)49-31(46-34)22-13-16-25(40-19-22)28-43-29(26-17-14-23(20-41-26)32-47-35(3,4)38(9,10)50-32)45-30(44-28)27-18-15-24(21-42-27)33-48-36(5,6)39(11,12)51-33/h13-21H,1-12H3. The molecule has 0 bridgehead atoms. The highest BCUT2D eigenvalue weighted by molar-refractivity contribution is 5.97. The average molecular weight is 688 g/mol. The minimum Gasteiger partial charge on any atom is -0.469 e. The summed E-state index contributed by atoms with van der Waals surface area (Å²) in [7, 11) is 0. The van der Waals surface area contributed by atoms with Gasteiger partial charge in [-0.25, -0.2) is 29.9 Å². The highest BCUT2D eigenvalue weighted by Crippen LogP contribution is 2.39. The first-order chi connectivity index (χ1) is 23.7. The molecule has 12 nitrogen and oxygen atoms in total. The summed E-state index contributed by atoms with van der Waals surface area (Å²) in [6.45, 7) is 24.5. The highest BCUT2D eigenvalue weighted by atomic mass is 16.5. The zero-order valence-corrected chi connectivity index (χ0v) is 31.4. The molecule has 0 saturated heterocycles. The monoisotopic (exact) mass is 687 g/mol. The van der Waals surface area contributed by atoms with E-state index < -0.39 is 16.8 Å². The van der Waals surface area contributed by atoms with E-state index in [9.17, 15) is 0 Å². The Morgan fingerprint density at radius 2 is 0.627 bits per heavy atom. The normalized spacial score (nSPS) is 21.5. The Morgan fingerprint density at radius 3 is 0.804 bits per heavy atom. The fraction of sp³-hybridized carbons (Fsp3) is 0.462. The fourth-order valence-corrected chi connectivity index (χ4v) is 5.38. The van der Waals surface area contributed by atoms with E-state index >= 15 is 0 Å². The van der Waals surface area contributed by atoms with Gasteiger partial charge in [0.2, 0.25) is 17.7 Å². The van der Waals surface area contributed by atoms with Crippen LogP contribution >= 0.6 is 0 Å². The molecular weight excluding hydrogens is 642 g/mol. The molecule has 0 saturated carbocycles. The summed E-state index contributed by atoms with van der Waals surface area (Å²) < 4.78 is 18.6. The number of pyridine rings is 3. The van der Waals surface area contributed by atoms with Gasteiger partial charge in [0.05, 0.1) is 33.3 Å². The largest absolute Gasteiger partial charge is 0.469 e. The van der Waals surface area contributed by atoms with Crippen LogP contribution in [-0.2, 0) is 14.2 Å². The summed E-state index contributed by atoms with van der Waals surface area (Å²) >= 11 is 0. The molecule has 7 rings (SSSR count). The Balaban J connectivity index is 1.25. The van der Waals surface area contributed by atoms with E-state index in [4.69, 9.17) is 59.1 Å². The van der Waals surface area contributed by atoms with Crippen LogP contribution in [0, 0.1) is 0 Å². The van der Waals surface area contributed by atoms with Crippen molar-refractivity contribution in [2.75, 3.05) is 0 Å². The summed E-state index contributed by atoms with van der Waals surface area (Å²) in [5.74, 6) is 2.77. The number of nitrogens with zero attached hydrogens (tertiary/aromatic N) is 9. The molecule has 51 heavy (non-hydrogen) atoms. The van der Waals surface area contributed by atoms with E-state index in [0.717, 1.165) is 16.7 Å². The Morgan fingerprint density at radius 1 is 0.373 bits per heavy atom. The van der Waals surface area contributed by atoms with Gasteiger partial charge in [0.1, 0.15) is 33.9 Å². The average Bonchev–Trinajstić information content (AvgIpc) is 3.53. The summed E-state index contributed by atoms with van der Waals surface area (Å²) in [4.78, 5) is 43.1. The Hall–Kier alpha value is -5.13. The molecule has 0 amide bonds. The molecule has 0 aliphatic carbocycles. The molecule has 0 radical (unpaired) electrons. The third kappa shape index (κ3) is 5.94. The molecule has 12 heteroatoms. The van der Waals surface area contributed by atoms with Gasteiger partial charge in [-0.2, -0.15) is 0 Å². The lowest BCUT2D eigenvalue weighted by Gasteiger charge is -2.30. The number of aromatic nitrogens is 6. The van der Waals surface area contributed by atoms with E-state index in [2.05, 4.69) is 41.5 Å². The summed E-state index contributed by atoms with van der Waals surface area (Å²) in [6, 6.07) is 11.3. The van der Waals surface area contributed by atoms with E-state index in [1.807, 2.05) is 77.9 Å². The van der Waals surface area contributed by atoms with E-state index in [1.165, 1.54) is 0 Å². The van der Waals surface area contributed by atoms with Gasteiger partial charge >= 0.3 is 0 Å². The lowest BCUT2D eigenvalue weighted by molar-refractivity contribution is 0.0618. The molecular formula is C39H45N9O3. The molecule has 7 heterocycles. The van der Waals surface area contributed by atoms with Gasteiger partial charge in [-0.3, -0.25) is 15.0 Å². The van der Waals surface area contributed by atoms with Crippen molar-refractivity contribution < 1.29 is 14.2 Å². The predicted molar refractivity (Wildman–Crippen MR) is 197 cm³/mol. The van der Waals surface area contributed by atoms with Crippen molar-refractivity contribution in [3.8, 4) is 34.6 Å². The maximum absolute atomic E-state index is 6.21. The first-order valence-electron chi connectivity index (χ1n) is 17.2. The van der Waals surface area contributed by atoms with Gasteiger partial charge in [0.25, 0.3) is 0 Å². The second-order valence-electron chi connectivity index (χ2n) is 16.4. The number of rotatable bonds is 6. The van der Waals surface area contributed by atoms with Crippen LogP contribution in [0.5, 0.6) is 0 Å². The topological polar surface area (TPSA) is 142 Å². The second kappa shape index (κ2) is 11.2. The van der Waals surface area contributed by atoms with Gasteiger partial charge in [0, 0.05) is 18.6 Å². The number of ether oxygens (including phenoxy) is 3. The maximum Gasteiger partial charge on any atom is 0.218 e. The second-order valence-corrected chi connectivity index (χ2v) is 16.4. The van der Waals surface area contributed by atoms with Crippen molar-refractivity contribution in [1.29, 1.82) is 0 Å². The van der Waals surface area contributed by atoms with Crippen LogP contribution in [0.2, 0.25) is 0 Å². The van der Waals surface area contributed by atoms with Crippen molar-refractivity contribution in [3.63, 3.8) is 0 Å². The molecule has 3 aliphatic heterocycles. The maximum atomic E-state index is 6.21.